The van der Waals surface area contributed by atoms with Crippen molar-refractivity contribution < 1.29 is 9.59 Å². The van der Waals surface area contributed by atoms with Gasteiger partial charge in [0, 0.05) is 23.6 Å². The van der Waals surface area contributed by atoms with Crippen LogP contribution in [0, 0.1) is 6.92 Å². The van der Waals surface area contributed by atoms with Gasteiger partial charge >= 0.3 is 0 Å². The van der Waals surface area contributed by atoms with Crippen LogP contribution < -0.4 is 5.32 Å². The monoisotopic (exact) mass is 374 g/mol. The Balaban J connectivity index is 1.91. The molecular weight excluding hydrogens is 356 g/mol. The number of carbonyl (C=O) groups is 2. The molecule has 1 N–H and O–H groups in total. The number of aryl methyl sites for hydroxylation is 1. The summed E-state index contributed by atoms with van der Waals surface area (Å²) in [4.78, 5) is 25.9. The minimum atomic E-state index is -0.231. The van der Waals surface area contributed by atoms with Crippen LogP contribution >= 0.6 is 15.9 Å². The smallest absolute Gasteiger partial charge is 0.251 e. The van der Waals surface area contributed by atoms with Gasteiger partial charge in [0.05, 0.1) is 6.54 Å². The Hall–Kier alpha value is -2.14. The van der Waals surface area contributed by atoms with Crippen molar-refractivity contribution in [2.24, 2.45) is 0 Å². The lowest BCUT2D eigenvalue weighted by Crippen LogP contribution is -2.38. The largest absolute Gasteiger partial charge is 0.343 e. The predicted molar refractivity (Wildman–Crippen MR) is 94.1 cm³/mol. The number of hydrogen-bond acceptors (Lipinski definition) is 2. The van der Waals surface area contributed by atoms with Crippen molar-refractivity contribution >= 4 is 27.7 Å². The van der Waals surface area contributed by atoms with Crippen LogP contribution in [0.25, 0.3) is 0 Å². The molecule has 0 bridgehead atoms. The lowest BCUT2D eigenvalue weighted by Gasteiger charge is -2.18. The Morgan fingerprint density at radius 2 is 1.74 bits per heavy atom. The van der Waals surface area contributed by atoms with Crippen LogP contribution in [0.3, 0.4) is 0 Å². The summed E-state index contributed by atoms with van der Waals surface area (Å²) in [5.41, 5.74) is 2.50. The van der Waals surface area contributed by atoms with Gasteiger partial charge in [-0.05, 0) is 30.2 Å². The van der Waals surface area contributed by atoms with E-state index in [2.05, 4.69) is 21.2 Å². The van der Waals surface area contributed by atoms with Crippen LogP contribution in [0.1, 0.15) is 21.5 Å². The van der Waals surface area contributed by atoms with Gasteiger partial charge in [-0.3, -0.25) is 9.59 Å². The van der Waals surface area contributed by atoms with Gasteiger partial charge in [-0.2, -0.15) is 0 Å². The van der Waals surface area contributed by atoms with E-state index in [9.17, 15) is 9.59 Å². The summed E-state index contributed by atoms with van der Waals surface area (Å²) >= 11 is 3.47. The molecule has 0 radical (unpaired) electrons. The van der Waals surface area contributed by atoms with E-state index < -0.39 is 0 Å². The highest BCUT2D eigenvalue weighted by atomic mass is 79.9. The van der Waals surface area contributed by atoms with E-state index in [1.54, 1.807) is 18.0 Å². The Morgan fingerprint density at radius 1 is 1.09 bits per heavy atom. The first-order valence-corrected chi connectivity index (χ1v) is 8.09. The fourth-order valence-electron chi connectivity index (χ4n) is 2.18. The minimum Gasteiger partial charge on any atom is -0.343 e. The third kappa shape index (κ3) is 4.66. The van der Waals surface area contributed by atoms with Crippen molar-refractivity contribution in [1.29, 1.82) is 0 Å². The van der Waals surface area contributed by atoms with Gasteiger partial charge in [-0.1, -0.05) is 52.3 Å². The van der Waals surface area contributed by atoms with E-state index in [4.69, 9.17) is 0 Å². The van der Waals surface area contributed by atoms with Gasteiger partial charge in [0.15, 0.2) is 0 Å². The average Bonchev–Trinajstić information content (AvgIpc) is 2.54. The van der Waals surface area contributed by atoms with E-state index in [1.165, 1.54) is 0 Å². The summed E-state index contributed by atoms with van der Waals surface area (Å²) < 4.78 is 0.962. The number of halogens is 1. The van der Waals surface area contributed by atoms with Crippen molar-refractivity contribution in [1.82, 2.24) is 10.2 Å². The second kappa shape index (κ2) is 7.92. The first-order chi connectivity index (χ1) is 11.0. The second-order valence-corrected chi connectivity index (χ2v) is 6.19. The van der Waals surface area contributed by atoms with Gasteiger partial charge in [-0.15, -0.1) is 0 Å². The number of benzene rings is 2. The van der Waals surface area contributed by atoms with E-state index in [-0.39, 0.29) is 18.4 Å². The van der Waals surface area contributed by atoms with Crippen molar-refractivity contribution in [3.63, 3.8) is 0 Å². The number of carbonyl (C=O) groups excluding carboxylic acids is 2. The molecule has 0 aliphatic rings. The average molecular weight is 375 g/mol. The fourth-order valence-corrected chi connectivity index (χ4v) is 2.59. The van der Waals surface area contributed by atoms with E-state index in [0.29, 0.717) is 12.1 Å². The molecule has 5 heteroatoms. The molecule has 2 aromatic carbocycles. The lowest BCUT2D eigenvalue weighted by molar-refractivity contribution is -0.129. The Kier molecular flexibility index (Phi) is 5.93. The first kappa shape index (κ1) is 17.2. The Bertz CT molecular complexity index is 716. The summed E-state index contributed by atoms with van der Waals surface area (Å²) in [7, 11) is 1.72. The highest BCUT2D eigenvalue weighted by molar-refractivity contribution is 9.10. The summed E-state index contributed by atoms with van der Waals surface area (Å²) in [6, 6.07) is 15.1. The van der Waals surface area contributed by atoms with Gasteiger partial charge in [0.25, 0.3) is 5.91 Å². The molecule has 0 atom stereocenters. The van der Waals surface area contributed by atoms with E-state index in [1.807, 2.05) is 49.4 Å². The molecule has 0 aromatic heterocycles. The molecule has 0 aliphatic carbocycles. The normalized spacial score (nSPS) is 10.2. The number of rotatable bonds is 5. The Labute approximate surface area is 144 Å². The molecule has 2 amide bonds. The minimum absolute atomic E-state index is 0.0197. The SMILES string of the molecule is Cc1ccccc1C(=O)NCC(=O)N(C)Cc1ccccc1Br. The molecule has 2 aromatic rings. The number of hydrogen-bond donors (Lipinski definition) is 1. The molecule has 0 unspecified atom stereocenters. The third-order valence-electron chi connectivity index (χ3n) is 3.58. The molecule has 4 nitrogen and oxygen atoms in total. The highest BCUT2D eigenvalue weighted by Crippen LogP contribution is 2.17. The predicted octanol–water partition coefficient (Wildman–Crippen LogP) is 3.15. The van der Waals surface area contributed by atoms with E-state index >= 15 is 0 Å². The summed E-state index contributed by atoms with van der Waals surface area (Å²) in [5.74, 6) is -0.367. The summed E-state index contributed by atoms with van der Waals surface area (Å²) in [6.45, 7) is 2.34. The van der Waals surface area contributed by atoms with Gasteiger partial charge in [0.1, 0.15) is 0 Å². The molecule has 2 rings (SSSR count). The fraction of sp³-hybridized carbons (Fsp3) is 0.222. The number of likely N-dealkylation sites (N-methyl/N-ethyl adjacent to an activating group) is 1. The molecule has 0 saturated carbocycles. The van der Waals surface area contributed by atoms with Crippen LogP contribution in [0.15, 0.2) is 53.0 Å². The molecular formula is C18H19BrN2O2. The molecule has 120 valence electrons. The zero-order valence-electron chi connectivity index (χ0n) is 13.2. The zero-order valence-corrected chi connectivity index (χ0v) is 14.8. The van der Waals surface area contributed by atoms with Crippen LogP contribution in [0.5, 0.6) is 0 Å². The van der Waals surface area contributed by atoms with Gasteiger partial charge in [-0.25, -0.2) is 0 Å². The Morgan fingerprint density at radius 3 is 2.43 bits per heavy atom. The number of nitrogens with zero attached hydrogens (tertiary/aromatic N) is 1. The van der Waals surface area contributed by atoms with Crippen molar-refractivity contribution in [3.05, 3.63) is 69.7 Å². The maximum atomic E-state index is 12.2. The zero-order chi connectivity index (χ0) is 16.8. The molecule has 0 spiro atoms. The van der Waals surface area contributed by atoms with Crippen molar-refractivity contribution in [3.8, 4) is 0 Å². The molecule has 0 fully saturated rings. The lowest BCUT2D eigenvalue weighted by atomic mass is 10.1. The first-order valence-electron chi connectivity index (χ1n) is 7.30. The van der Waals surface area contributed by atoms with Gasteiger partial charge in [0.2, 0.25) is 5.91 Å². The second-order valence-electron chi connectivity index (χ2n) is 5.34. The number of amides is 2. The topological polar surface area (TPSA) is 49.4 Å². The standard InChI is InChI=1S/C18H19BrN2O2/c1-13-7-3-5-9-15(13)18(23)20-11-17(22)21(2)12-14-8-4-6-10-16(14)19/h3-10H,11-12H2,1-2H3,(H,20,23). The van der Waals surface area contributed by atoms with Crippen molar-refractivity contribution in [2.45, 2.75) is 13.5 Å². The third-order valence-corrected chi connectivity index (χ3v) is 4.35. The highest BCUT2D eigenvalue weighted by Gasteiger charge is 2.13. The van der Waals surface area contributed by atoms with Crippen LogP contribution in [-0.2, 0) is 11.3 Å². The van der Waals surface area contributed by atoms with Crippen LogP contribution in [-0.4, -0.2) is 30.3 Å². The van der Waals surface area contributed by atoms with E-state index in [0.717, 1.165) is 15.6 Å². The van der Waals surface area contributed by atoms with Crippen LogP contribution in [0.2, 0.25) is 0 Å². The molecule has 0 saturated heterocycles. The number of nitrogens with one attached hydrogen (secondary N) is 1. The summed E-state index contributed by atoms with van der Waals surface area (Å²) in [6.07, 6.45) is 0. The maximum absolute atomic E-state index is 12.2. The van der Waals surface area contributed by atoms with Crippen molar-refractivity contribution in [2.75, 3.05) is 13.6 Å². The van der Waals surface area contributed by atoms with Crippen LogP contribution in [0.4, 0.5) is 0 Å². The summed E-state index contributed by atoms with van der Waals surface area (Å²) in [5, 5.41) is 2.68. The molecule has 0 heterocycles. The molecule has 23 heavy (non-hydrogen) atoms. The molecule has 0 aliphatic heterocycles. The quantitative estimate of drug-likeness (QED) is 0.873. The maximum Gasteiger partial charge on any atom is 0.251 e. The van der Waals surface area contributed by atoms with Gasteiger partial charge < -0.3 is 10.2 Å².